The number of hydrogen-bond donors (Lipinski definition) is 1. The number of hydrogen-bond acceptors (Lipinski definition) is 4. The van der Waals surface area contributed by atoms with Gasteiger partial charge in [0.25, 0.3) is 0 Å². The van der Waals surface area contributed by atoms with Crippen LogP contribution >= 0.6 is 0 Å². The molecule has 1 aromatic heterocycles. The highest BCUT2D eigenvalue weighted by molar-refractivity contribution is 5.95. The van der Waals surface area contributed by atoms with Gasteiger partial charge in [0.1, 0.15) is 5.82 Å². The lowest BCUT2D eigenvalue weighted by Gasteiger charge is -2.03. The summed E-state index contributed by atoms with van der Waals surface area (Å²) in [6, 6.07) is 9.91. The highest BCUT2D eigenvalue weighted by Crippen LogP contribution is 2.28. The van der Waals surface area contributed by atoms with Crippen LogP contribution in [0.1, 0.15) is 18.9 Å². The standard InChI is InChI=1S/C14H12FN3O/c1-8(16)14-17-13(18-19-14)11-6-7-12(15)10-5-3-2-4-9(10)11/h2-8H,16H2,1H3/t8-/m0/s1. The van der Waals surface area contributed by atoms with Crippen LogP contribution in [0.3, 0.4) is 0 Å². The molecule has 0 aliphatic heterocycles. The molecule has 4 nitrogen and oxygen atoms in total. The van der Waals surface area contributed by atoms with E-state index in [4.69, 9.17) is 10.3 Å². The monoisotopic (exact) mass is 257 g/mol. The van der Waals surface area contributed by atoms with Crippen molar-refractivity contribution in [3.05, 3.63) is 48.1 Å². The molecular weight excluding hydrogens is 245 g/mol. The van der Waals surface area contributed by atoms with Gasteiger partial charge in [-0.3, -0.25) is 0 Å². The Labute approximate surface area is 109 Å². The summed E-state index contributed by atoms with van der Waals surface area (Å²) < 4.78 is 18.8. The van der Waals surface area contributed by atoms with Gasteiger partial charge >= 0.3 is 0 Å². The Morgan fingerprint density at radius 2 is 1.89 bits per heavy atom. The molecule has 0 bridgehead atoms. The van der Waals surface area contributed by atoms with Gasteiger partial charge in [0.2, 0.25) is 11.7 Å². The van der Waals surface area contributed by atoms with Gasteiger partial charge in [0.15, 0.2) is 0 Å². The molecule has 0 fully saturated rings. The quantitative estimate of drug-likeness (QED) is 0.766. The summed E-state index contributed by atoms with van der Waals surface area (Å²) in [4.78, 5) is 4.23. The molecule has 0 saturated carbocycles. The van der Waals surface area contributed by atoms with Gasteiger partial charge in [0.05, 0.1) is 6.04 Å². The summed E-state index contributed by atoms with van der Waals surface area (Å²) >= 11 is 0. The van der Waals surface area contributed by atoms with E-state index in [1.165, 1.54) is 6.07 Å². The minimum atomic E-state index is -0.326. The summed E-state index contributed by atoms with van der Waals surface area (Å²) in [6.45, 7) is 1.76. The highest BCUT2D eigenvalue weighted by Gasteiger charge is 2.14. The Bertz CT molecular complexity index is 736. The van der Waals surface area contributed by atoms with Crippen molar-refractivity contribution in [1.29, 1.82) is 0 Å². The van der Waals surface area contributed by atoms with Crippen LogP contribution in [-0.2, 0) is 0 Å². The number of nitrogens with two attached hydrogens (primary N) is 1. The normalized spacial score (nSPS) is 12.8. The van der Waals surface area contributed by atoms with Crippen LogP contribution in [0.5, 0.6) is 0 Å². The van der Waals surface area contributed by atoms with Crippen LogP contribution in [0.4, 0.5) is 4.39 Å². The third kappa shape index (κ3) is 1.98. The van der Waals surface area contributed by atoms with E-state index in [1.807, 2.05) is 12.1 Å². The first kappa shape index (κ1) is 11.8. The maximum absolute atomic E-state index is 13.7. The lowest BCUT2D eigenvalue weighted by atomic mass is 10.0. The summed E-state index contributed by atoms with van der Waals surface area (Å²) in [7, 11) is 0. The first-order valence-corrected chi connectivity index (χ1v) is 5.93. The summed E-state index contributed by atoms with van der Waals surface area (Å²) in [6.07, 6.45) is 0. The van der Waals surface area contributed by atoms with Gasteiger partial charge in [-0.05, 0) is 24.4 Å². The molecule has 3 aromatic rings. The number of nitrogens with zero attached hydrogens (tertiary/aromatic N) is 2. The number of rotatable bonds is 2. The fourth-order valence-electron chi connectivity index (χ4n) is 1.99. The molecule has 0 unspecified atom stereocenters. The molecule has 0 radical (unpaired) electrons. The van der Waals surface area contributed by atoms with Crippen LogP contribution in [0.15, 0.2) is 40.9 Å². The number of benzene rings is 2. The van der Waals surface area contributed by atoms with Crippen molar-refractivity contribution < 1.29 is 8.91 Å². The van der Waals surface area contributed by atoms with Crippen molar-refractivity contribution in [3.63, 3.8) is 0 Å². The van der Waals surface area contributed by atoms with E-state index in [2.05, 4.69) is 10.1 Å². The predicted octanol–water partition coefficient (Wildman–Crippen LogP) is 3.05. The summed E-state index contributed by atoms with van der Waals surface area (Å²) in [5, 5.41) is 5.18. The van der Waals surface area contributed by atoms with Crippen molar-refractivity contribution in [2.45, 2.75) is 13.0 Å². The molecule has 1 atom stereocenters. The Morgan fingerprint density at radius 3 is 2.58 bits per heavy atom. The van der Waals surface area contributed by atoms with E-state index in [0.717, 1.165) is 10.9 Å². The smallest absolute Gasteiger partial charge is 0.243 e. The zero-order valence-corrected chi connectivity index (χ0v) is 10.3. The molecule has 1 heterocycles. The van der Waals surface area contributed by atoms with Crippen LogP contribution in [0.2, 0.25) is 0 Å². The molecule has 0 aliphatic carbocycles. The van der Waals surface area contributed by atoms with Gasteiger partial charge in [-0.15, -0.1) is 0 Å². The average Bonchev–Trinajstić information content (AvgIpc) is 2.89. The first-order valence-electron chi connectivity index (χ1n) is 5.93. The van der Waals surface area contributed by atoms with E-state index < -0.39 is 0 Å². The van der Waals surface area contributed by atoms with Gasteiger partial charge < -0.3 is 10.3 Å². The number of aromatic nitrogens is 2. The minimum Gasteiger partial charge on any atom is -0.337 e. The molecule has 96 valence electrons. The van der Waals surface area contributed by atoms with Crippen molar-refractivity contribution in [3.8, 4) is 11.4 Å². The maximum Gasteiger partial charge on any atom is 0.243 e. The van der Waals surface area contributed by atoms with Gasteiger partial charge in [0, 0.05) is 10.9 Å². The molecule has 19 heavy (non-hydrogen) atoms. The average molecular weight is 257 g/mol. The SMILES string of the molecule is C[C@H](N)c1nc(-c2ccc(F)c3ccccc23)no1. The molecule has 0 saturated heterocycles. The molecule has 0 spiro atoms. The zero-order chi connectivity index (χ0) is 13.4. The summed E-state index contributed by atoms with van der Waals surface area (Å²) in [5.41, 5.74) is 6.41. The molecule has 2 N–H and O–H groups in total. The Hall–Kier alpha value is -2.27. The number of fused-ring (bicyclic) bond motifs is 1. The second-order valence-corrected chi connectivity index (χ2v) is 4.39. The number of halogens is 1. The van der Waals surface area contributed by atoms with E-state index >= 15 is 0 Å². The zero-order valence-electron chi connectivity index (χ0n) is 10.3. The first-order chi connectivity index (χ1) is 9.16. The highest BCUT2D eigenvalue weighted by atomic mass is 19.1. The van der Waals surface area contributed by atoms with Gasteiger partial charge in [-0.25, -0.2) is 4.39 Å². The predicted molar refractivity (Wildman–Crippen MR) is 69.8 cm³/mol. The minimum absolute atomic E-state index is 0.268. The van der Waals surface area contributed by atoms with E-state index in [-0.39, 0.29) is 11.9 Å². The van der Waals surface area contributed by atoms with Crippen LogP contribution < -0.4 is 5.73 Å². The lowest BCUT2D eigenvalue weighted by Crippen LogP contribution is -2.04. The third-order valence-corrected chi connectivity index (χ3v) is 2.94. The van der Waals surface area contributed by atoms with E-state index in [0.29, 0.717) is 17.1 Å². The lowest BCUT2D eigenvalue weighted by molar-refractivity contribution is 0.362. The Morgan fingerprint density at radius 1 is 1.16 bits per heavy atom. The van der Waals surface area contributed by atoms with E-state index in [1.54, 1.807) is 25.1 Å². The van der Waals surface area contributed by atoms with Crippen molar-refractivity contribution in [1.82, 2.24) is 10.1 Å². The van der Waals surface area contributed by atoms with Crippen molar-refractivity contribution in [2.75, 3.05) is 0 Å². The van der Waals surface area contributed by atoms with Gasteiger partial charge in [-0.1, -0.05) is 29.4 Å². The molecule has 3 rings (SSSR count). The molecular formula is C14H12FN3O. The van der Waals surface area contributed by atoms with E-state index in [9.17, 15) is 4.39 Å². The molecule has 2 aromatic carbocycles. The summed E-state index contributed by atoms with van der Waals surface area (Å²) in [5.74, 6) is 0.516. The Balaban J connectivity index is 2.22. The second kappa shape index (κ2) is 4.44. The van der Waals surface area contributed by atoms with Crippen molar-refractivity contribution in [2.24, 2.45) is 5.73 Å². The Kier molecular flexibility index (Phi) is 2.76. The van der Waals surface area contributed by atoms with Gasteiger partial charge in [-0.2, -0.15) is 4.98 Å². The second-order valence-electron chi connectivity index (χ2n) is 4.39. The largest absolute Gasteiger partial charge is 0.337 e. The molecule has 0 amide bonds. The third-order valence-electron chi connectivity index (χ3n) is 2.94. The topological polar surface area (TPSA) is 64.9 Å². The fraction of sp³-hybridized carbons (Fsp3) is 0.143. The maximum atomic E-state index is 13.7. The van der Waals surface area contributed by atoms with Crippen LogP contribution in [0.25, 0.3) is 22.2 Å². The molecule has 0 aliphatic rings. The van der Waals surface area contributed by atoms with Crippen LogP contribution in [-0.4, -0.2) is 10.1 Å². The fourth-order valence-corrected chi connectivity index (χ4v) is 1.99. The molecule has 5 heteroatoms. The van der Waals surface area contributed by atoms with Crippen molar-refractivity contribution >= 4 is 10.8 Å². The van der Waals surface area contributed by atoms with Crippen LogP contribution in [0, 0.1) is 5.82 Å².